The maximum atomic E-state index is 15.2. The van der Waals surface area contributed by atoms with Crippen molar-refractivity contribution in [1.29, 1.82) is 0 Å². The molecule has 4 rings (SSSR count). The Hall–Kier alpha value is -4.13. The van der Waals surface area contributed by atoms with Gasteiger partial charge in [0.05, 0.1) is 41.1 Å². The van der Waals surface area contributed by atoms with Gasteiger partial charge in [0.15, 0.2) is 12.0 Å². The van der Waals surface area contributed by atoms with Gasteiger partial charge in [-0.1, -0.05) is 6.92 Å². The Morgan fingerprint density at radius 3 is 2.69 bits per heavy atom. The Kier molecular flexibility index (Phi) is 6.60. The molecule has 0 saturated heterocycles. The monoisotopic (exact) mass is 503 g/mol. The number of ketones is 1. The van der Waals surface area contributed by atoms with E-state index in [2.05, 4.69) is 30.0 Å². The molecular weight excluding hydrogens is 482 g/mol. The van der Waals surface area contributed by atoms with Crippen LogP contribution in [0.5, 0.6) is 5.88 Å². The van der Waals surface area contributed by atoms with Gasteiger partial charge in [-0.25, -0.2) is 27.2 Å². The van der Waals surface area contributed by atoms with Crippen LogP contribution in [0, 0.1) is 11.6 Å². The van der Waals surface area contributed by atoms with E-state index < -0.39 is 38.7 Å². The molecule has 10 nitrogen and oxygen atoms in total. The zero-order valence-corrected chi connectivity index (χ0v) is 19.5. The molecule has 0 atom stereocenters. The van der Waals surface area contributed by atoms with Crippen LogP contribution in [0.2, 0.25) is 0 Å². The zero-order chi connectivity index (χ0) is 25.2. The van der Waals surface area contributed by atoms with Crippen LogP contribution in [0.15, 0.2) is 43.0 Å². The van der Waals surface area contributed by atoms with Crippen molar-refractivity contribution < 1.29 is 31.7 Å². The van der Waals surface area contributed by atoms with Crippen LogP contribution in [0.3, 0.4) is 0 Å². The zero-order valence-electron chi connectivity index (χ0n) is 18.6. The number of aromatic nitrogens is 4. The number of H-pyrrole nitrogens is 2. The van der Waals surface area contributed by atoms with Gasteiger partial charge in [-0.15, -0.1) is 0 Å². The summed E-state index contributed by atoms with van der Waals surface area (Å²) in [7, 11) is -2.36. The molecule has 1 aromatic carbocycles. The molecule has 13 heteroatoms. The van der Waals surface area contributed by atoms with E-state index in [4.69, 9.17) is 4.74 Å². The summed E-state index contributed by atoms with van der Waals surface area (Å²) in [5.41, 5.74) is -0.715. The average Bonchev–Trinajstić information content (AvgIpc) is 3.27. The number of carbonyl (C=O) groups is 1. The second kappa shape index (κ2) is 9.62. The van der Waals surface area contributed by atoms with Gasteiger partial charge in [-0.2, -0.15) is 4.98 Å². The first-order chi connectivity index (χ1) is 16.7. The smallest absolute Gasteiger partial charge is 0.365 e. The van der Waals surface area contributed by atoms with Crippen molar-refractivity contribution in [3.63, 3.8) is 0 Å². The minimum atomic E-state index is -3.87. The molecular formula is C22H21F2N6O4S+. The van der Waals surface area contributed by atoms with E-state index in [0.717, 1.165) is 12.1 Å². The third-order valence-corrected chi connectivity index (χ3v) is 6.51. The van der Waals surface area contributed by atoms with Crippen LogP contribution in [-0.2, 0) is 10.0 Å². The van der Waals surface area contributed by atoms with E-state index in [9.17, 15) is 17.6 Å². The second-order valence-electron chi connectivity index (χ2n) is 7.45. The third kappa shape index (κ3) is 4.89. The third-order valence-electron chi connectivity index (χ3n) is 5.04. The quantitative estimate of drug-likeness (QED) is 0.298. The Balaban J connectivity index is 1.76. The number of methoxy groups -OCH3 is 1. The number of nitrogens with zero attached hydrogens (tertiary/aromatic N) is 2. The molecule has 0 aliphatic rings. The van der Waals surface area contributed by atoms with Gasteiger partial charge in [-0.05, 0) is 24.6 Å². The predicted octanol–water partition coefficient (Wildman–Crippen LogP) is 3.19. The van der Waals surface area contributed by atoms with Crippen molar-refractivity contribution in [3.05, 3.63) is 65.7 Å². The lowest BCUT2D eigenvalue weighted by atomic mass is 10.0. The number of halogens is 2. The fourth-order valence-corrected chi connectivity index (χ4v) is 4.58. The number of hydrogen-bond donors (Lipinski definition) is 3. The number of aromatic amines is 2. The van der Waals surface area contributed by atoms with E-state index in [1.54, 1.807) is 25.3 Å². The minimum Gasteiger partial charge on any atom is -0.448 e. The van der Waals surface area contributed by atoms with Crippen molar-refractivity contribution in [1.82, 2.24) is 15.0 Å². The Bertz CT molecular complexity index is 1510. The molecule has 0 saturated carbocycles. The molecule has 35 heavy (non-hydrogen) atoms. The largest absolute Gasteiger partial charge is 0.448 e. The number of rotatable bonds is 9. The Labute approximate surface area is 198 Å². The van der Waals surface area contributed by atoms with Crippen molar-refractivity contribution in [3.8, 4) is 5.88 Å². The van der Waals surface area contributed by atoms with Gasteiger partial charge >= 0.3 is 5.88 Å². The highest BCUT2D eigenvalue weighted by atomic mass is 32.2. The number of sulfonamides is 1. The predicted molar refractivity (Wildman–Crippen MR) is 124 cm³/mol. The Morgan fingerprint density at radius 1 is 1.20 bits per heavy atom. The molecule has 4 aromatic rings. The summed E-state index contributed by atoms with van der Waals surface area (Å²) >= 11 is 0. The molecule has 0 unspecified atom stereocenters. The van der Waals surface area contributed by atoms with Gasteiger partial charge in [0.2, 0.25) is 15.8 Å². The second-order valence-corrected chi connectivity index (χ2v) is 9.29. The first kappa shape index (κ1) is 24.0. The van der Waals surface area contributed by atoms with Crippen LogP contribution in [0.25, 0.3) is 11.0 Å². The van der Waals surface area contributed by atoms with E-state index >= 15 is 4.39 Å². The van der Waals surface area contributed by atoms with Gasteiger partial charge < -0.3 is 15.0 Å². The molecule has 0 spiro atoms. The molecule has 0 fully saturated rings. The maximum Gasteiger partial charge on any atom is 0.365 e. The van der Waals surface area contributed by atoms with Gasteiger partial charge in [0, 0.05) is 6.20 Å². The van der Waals surface area contributed by atoms with Crippen molar-refractivity contribution in [2.45, 2.75) is 13.3 Å². The first-order valence-corrected chi connectivity index (χ1v) is 12.1. The topological polar surface area (TPSA) is 140 Å². The average molecular weight is 504 g/mol. The standard InChI is InChI=1S/C22H20F2N6O4S/c1-3-8-35(32,33)30-15-6-5-14(23)18(19(15)24)20(31)13-10-26-21-17(13)22(28-11-27-21)29-12-4-7-16(34-2)25-9-12/h4-7,9-11,30H,3,8H2,1-2H3,(H2,26,27,28,29)/p+1. The highest BCUT2D eigenvalue weighted by molar-refractivity contribution is 7.92. The molecule has 0 aliphatic carbocycles. The molecule has 3 heterocycles. The van der Waals surface area contributed by atoms with Crippen LogP contribution < -0.4 is 19.8 Å². The van der Waals surface area contributed by atoms with Crippen molar-refractivity contribution >= 4 is 44.0 Å². The van der Waals surface area contributed by atoms with Crippen LogP contribution >= 0.6 is 0 Å². The first-order valence-electron chi connectivity index (χ1n) is 10.4. The molecule has 3 aromatic heterocycles. The van der Waals surface area contributed by atoms with Gasteiger partial charge in [-0.3, -0.25) is 9.52 Å². The van der Waals surface area contributed by atoms with Crippen molar-refractivity contribution in [2.24, 2.45) is 0 Å². The fraction of sp³-hybridized carbons (Fsp3) is 0.182. The molecule has 182 valence electrons. The van der Waals surface area contributed by atoms with E-state index in [1.165, 1.54) is 19.6 Å². The number of hydrogen-bond acceptors (Lipinski definition) is 7. The van der Waals surface area contributed by atoms with E-state index in [0.29, 0.717) is 18.0 Å². The van der Waals surface area contributed by atoms with E-state index in [1.807, 2.05) is 0 Å². The number of fused-ring (bicyclic) bond motifs is 1. The molecule has 0 amide bonds. The summed E-state index contributed by atoms with van der Waals surface area (Å²) in [5, 5.41) is 3.23. The van der Waals surface area contributed by atoms with Gasteiger partial charge in [0.25, 0.3) is 0 Å². The maximum absolute atomic E-state index is 15.2. The highest BCUT2D eigenvalue weighted by Crippen LogP contribution is 2.31. The van der Waals surface area contributed by atoms with Crippen LogP contribution in [0.1, 0.15) is 29.3 Å². The van der Waals surface area contributed by atoms with Gasteiger partial charge in [0.1, 0.15) is 29.3 Å². The number of anilines is 3. The fourth-order valence-electron chi connectivity index (χ4n) is 3.45. The lowest BCUT2D eigenvalue weighted by Gasteiger charge is -2.12. The number of benzene rings is 1. The van der Waals surface area contributed by atoms with E-state index in [-0.39, 0.29) is 28.2 Å². The summed E-state index contributed by atoms with van der Waals surface area (Å²) in [6, 6.07) is 5.13. The number of nitrogens with one attached hydrogen (secondary N) is 4. The number of ether oxygens (including phenoxy) is 1. The Morgan fingerprint density at radius 2 is 2.00 bits per heavy atom. The number of carbonyl (C=O) groups excluding carboxylic acids is 1. The van der Waals surface area contributed by atoms with Crippen LogP contribution in [-0.4, -0.2) is 42.0 Å². The lowest BCUT2D eigenvalue weighted by Crippen LogP contribution is -2.18. The molecule has 0 bridgehead atoms. The van der Waals surface area contributed by atoms with Crippen molar-refractivity contribution in [2.75, 3.05) is 22.9 Å². The van der Waals surface area contributed by atoms with Crippen LogP contribution in [0.4, 0.5) is 26.0 Å². The molecule has 4 N–H and O–H groups in total. The minimum absolute atomic E-state index is 0.105. The SMILES string of the molecule is CCCS(=O)(=O)Nc1ccc(F)c(C(=O)c2c[nH]c3ncnc(Nc4ccc(OC)[nH+]c4)c23)c1F. The molecule has 0 radical (unpaired) electrons. The lowest BCUT2D eigenvalue weighted by molar-refractivity contribution is -0.392. The molecule has 0 aliphatic heterocycles. The normalized spacial score (nSPS) is 11.4. The summed E-state index contributed by atoms with van der Waals surface area (Å²) in [4.78, 5) is 27.2. The number of pyridine rings is 1. The summed E-state index contributed by atoms with van der Waals surface area (Å²) in [6.07, 6.45) is 4.42. The summed E-state index contributed by atoms with van der Waals surface area (Å²) < 4.78 is 61.2. The highest BCUT2D eigenvalue weighted by Gasteiger charge is 2.27. The summed E-state index contributed by atoms with van der Waals surface area (Å²) in [5.74, 6) is -3.01. The summed E-state index contributed by atoms with van der Waals surface area (Å²) in [6.45, 7) is 1.64.